The number of halogens is 2. The lowest BCUT2D eigenvalue weighted by molar-refractivity contribution is -0.122. The molecule has 26 heavy (non-hydrogen) atoms. The zero-order valence-corrected chi connectivity index (χ0v) is 13.8. The Labute approximate surface area is 149 Å². The van der Waals surface area contributed by atoms with E-state index in [1.54, 1.807) is 6.07 Å². The molecular formula is C20H16F2N2O2. The SMILES string of the molecule is N#CC1C(C(=O)Nc2ccc(-c3ccccc3F)c(F)c2)[C@H]2CC[C@@H]1O2. The number of carbonyl (C=O) groups is 1. The Hall–Kier alpha value is -2.78. The average molecular weight is 354 g/mol. The average Bonchev–Trinajstić information content (AvgIpc) is 3.23. The summed E-state index contributed by atoms with van der Waals surface area (Å²) in [6.07, 6.45) is 1.09. The zero-order chi connectivity index (χ0) is 18.3. The summed E-state index contributed by atoms with van der Waals surface area (Å²) in [7, 11) is 0. The Morgan fingerprint density at radius 1 is 1.08 bits per heavy atom. The first-order valence-corrected chi connectivity index (χ1v) is 8.49. The molecule has 1 amide bonds. The van der Waals surface area contributed by atoms with Crippen LogP contribution in [-0.4, -0.2) is 18.1 Å². The second kappa shape index (κ2) is 6.50. The van der Waals surface area contributed by atoms with E-state index >= 15 is 0 Å². The molecule has 0 aromatic heterocycles. The molecule has 2 aromatic carbocycles. The number of fused-ring (bicyclic) bond motifs is 2. The first-order chi connectivity index (χ1) is 12.6. The van der Waals surface area contributed by atoms with Gasteiger partial charge in [0.15, 0.2) is 0 Å². The molecule has 2 saturated heterocycles. The third kappa shape index (κ3) is 2.74. The molecule has 2 aliphatic heterocycles. The Bertz CT molecular complexity index is 909. The van der Waals surface area contributed by atoms with Gasteiger partial charge in [-0.15, -0.1) is 0 Å². The van der Waals surface area contributed by atoms with Crippen LogP contribution in [0.15, 0.2) is 42.5 Å². The van der Waals surface area contributed by atoms with Crippen LogP contribution in [0.25, 0.3) is 11.1 Å². The summed E-state index contributed by atoms with van der Waals surface area (Å²) >= 11 is 0. The van der Waals surface area contributed by atoms with E-state index in [4.69, 9.17) is 4.74 Å². The minimum Gasteiger partial charge on any atom is -0.373 e. The number of amides is 1. The minimum atomic E-state index is -0.631. The molecule has 2 heterocycles. The number of carbonyl (C=O) groups excluding carboxylic acids is 1. The van der Waals surface area contributed by atoms with Gasteiger partial charge in [0.25, 0.3) is 0 Å². The van der Waals surface area contributed by atoms with E-state index in [1.165, 1.54) is 30.3 Å². The van der Waals surface area contributed by atoms with Crippen LogP contribution in [0.4, 0.5) is 14.5 Å². The van der Waals surface area contributed by atoms with E-state index in [-0.39, 0.29) is 34.9 Å². The third-order valence-electron chi connectivity index (χ3n) is 5.13. The molecule has 2 fully saturated rings. The van der Waals surface area contributed by atoms with Crippen molar-refractivity contribution in [2.75, 3.05) is 5.32 Å². The van der Waals surface area contributed by atoms with Crippen molar-refractivity contribution in [1.82, 2.24) is 0 Å². The molecule has 4 nitrogen and oxygen atoms in total. The minimum absolute atomic E-state index is 0.124. The standard InChI is InChI=1S/C20H16F2N2O2/c21-15-4-2-1-3-12(15)13-6-5-11(9-16(13)22)24-20(25)19-14(10-23)17-7-8-18(19)26-17/h1-6,9,14,17-19H,7-8H2,(H,24,25)/t14?,17-,18+,19?/m0/s1. The molecule has 132 valence electrons. The van der Waals surface area contributed by atoms with Gasteiger partial charge in [-0.2, -0.15) is 5.26 Å². The van der Waals surface area contributed by atoms with Crippen LogP contribution in [0.3, 0.4) is 0 Å². The Kier molecular flexibility index (Phi) is 4.17. The number of rotatable bonds is 3. The molecule has 0 radical (unpaired) electrons. The largest absolute Gasteiger partial charge is 0.373 e. The van der Waals surface area contributed by atoms with E-state index in [9.17, 15) is 18.8 Å². The maximum atomic E-state index is 14.4. The highest BCUT2D eigenvalue weighted by molar-refractivity contribution is 5.94. The van der Waals surface area contributed by atoms with Gasteiger partial charge < -0.3 is 10.1 Å². The lowest BCUT2D eigenvalue weighted by atomic mass is 9.79. The number of anilines is 1. The maximum Gasteiger partial charge on any atom is 0.231 e. The summed E-state index contributed by atoms with van der Waals surface area (Å²) in [4.78, 5) is 12.6. The number of nitriles is 1. The fourth-order valence-electron chi connectivity index (χ4n) is 3.89. The molecule has 0 aliphatic carbocycles. The van der Waals surface area contributed by atoms with Gasteiger partial charge in [0, 0.05) is 16.8 Å². The first kappa shape index (κ1) is 16.7. The lowest BCUT2D eigenvalue weighted by Gasteiger charge is -2.22. The fraction of sp³-hybridized carbons (Fsp3) is 0.300. The predicted molar refractivity (Wildman–Crippen MR) is 90.9 cm³/mol. The molecule has 6 heteroatoms. The van der Waals surface area contributed by atoms with Gasteiger partial charge in [-0.25, -0.2) is 8.78 Å². The van der Waals surface area contributed by atoms with Crippen molar-refractivity contribution in [1.29, 1.82) is 5.26 Å². The number of nitrogens with one attached hydrogen (secondary N) is 1. The topological polar surface area (TPSA) is 62.1 Å². The number of benzene rings is 2. The zero-order valence-electron chi connectivity index (χ0n) is 13.8. The second-order valence-corrected chi connectivity index (χ2v) is 6.63. The van der Waals surface area contributed by atoms with Crippen molar-refractivity contribution in [3.05, 3.63) is 54.1 Å². The summed E-state index contributed by atoms with van der Waals surface area (Å²) in [6.45, 7) is 0. The molecule has 2 unspecified atom stereocenters. The van der Waals surface area contributed by atoms with Crippen molar-refractivity contribution in [2.24, 2.45) is 11.8 Å². The fourth-order valence-corrected chi connectivity index (χ4v) is 3.89. The first-order valence-electron chi connectivity index (χ1n) is 8.49. The van der Waals surface area contributed by atoms with Crippen LogP contribution >= 0.6 is 0 Å². The lowest BCUT2D eigenvalue weighted by Crippen LogP contribution is -2.36. The molecular weight excluding hydrogens is 338 g/mol. The van der Waals surface area contributed by atoms with Crippen molar-refractivity contribution in [3.63, 3.8) is 0 Å². The molecule has 0 saturated carbocycles. The highest BCUT2D eigenvalue weighted by Crippen LogP contribution is 2.43. The highest BCUT2D eigenvalue weighted by atomic mass is 19.1. The van der Waals surface area contributed by atoms with E-state index in [0.717, 1.165) is 18.9 Å². The van der Waals surface area contributed by atoms with Gasteiger partial charge in [-0.1, -0.05) is 18.2 Å². The summed E-state index contributed by atoms with van der Waals surface area (Å²) in [5.41, 5.74) is 0.556. The smallest absolute Gasteiger partial charge is 0.231 e. The van der Waals surface area contributed by atoms with Crippen molar-refractivity contribution in [3.8, 4) is 17.2 Å². The Morgan fingerprint density at radius 3 is 2.54 bits per heavy atom. The quantitative estimate of drug-likeness (QED) is 0.910. The molecule has 2 aliphatic rings. The summed E-state index contributed by atoms with van der Waals surface area (Å²) in [5.74, 6) is -2.51. The van der Waals surface area contributed by atoms with Gasteiger partial charge in [0.05, 0.1) is 30.1 Å². The van der Waals surface area contributed by atoms with Crippen molar-refractivity contribution >= 4 is 11.6 Å². The van der Waals surface area contributed by atoms with Crippen LogP contribution in [-0.2, 0) is 9.53 Å². The predicted octanol–water partition coefficient (Wildman–Crippen LogP) is 3.89. The molecule has 4 rings (SSSR count). The molecule has 2 aromatic rings. The van der Waals surface area contributed by atoms with Crippen LogP contribution in [0.5, 0.6) is 0 Å². The number of ether oxygens (including phenoxy) is 1. The monoisotopic (exact) mass is 354 g/mol. The van der Waals surface area contributed by atoms with Crippen molar-refractivity contribution in [2.45, 2.75) is 25.0 Å². The molecule has 4 atom stereocenters. The summed E-state index contributed by atoms with van der Waals surface area (Å²) < 4.78 is 34.0. The Morgan fingerprint density at radius 2 is 1.81 bits per heavy atom. The van der Waals surface area contributed by atoms with Crippen LogP contribution in [0.2, 0.25) is 0 Å². The Balaban J connectivity index is 1.55. The van der Waals surface area contributed by atoms with Gasteiger partial charge in [0.2, 0.25) is 5.91 Å². The van der Waals surface area contributed by atoms with Crippen LogP contribution in [0, 0.1) is 34.8 Å². The third-order valence-corrected chi connectivity index (χ3v) is 5.13. The molecule has 1 N–H and O–H groups in total. The highest BCUT2D eigenvalue weighted by Gasteiger charge is 2.52. The van der Waals surface area contributed by atoms with Gasteiger partial charge >= 0.3 is 0 Å². The maximum absolute atomic E-state index is 14.4. The van der Waals surface area contributed by atoms with Crippen LogP contribution < -0.4 is 5.32 Å². The van der Waals surface area contributed by atoms with E-state index < -0.39 is 23.5 Å². The second-order valence-electron chi connectivity index (χ2n) is 6.63. The van der Waals surface area contributed by atoms with E-state index in [1.807, 2.05) is 0 Å². The van der Waals surface area contributed by atoms with E-state index in [2.05, 4.69) is 11.4 Å². The summed E-state index contributed by atoms with van der Waals surface area (Å²) in [5, 5.41) is 12.0. The van der Waals surface area contributed by atoms with Gasteiger partial charge in [-0.05, 0) is 37.1 Å². The van der Waals surface area contributed by atoms with Gasteiger partial charge in [0.1, 0.15) is 11.6 Å². The van der Waals surface area contributed by atoms with Gasteiger partial charge in [-0.3, -0.25) is 4.79 Å². The number of hydrogen-bond acceptors (Lipinski definition) is 3. The number of nitrogens with zero attached hydrogens (tertiary/aromatic N) is 1. The van der Waals surface area contributed by atoms with Crippen molar-refractivity contribution < 1.29 is 18.3 Å². The van der Waals surface area contributed by atoms with Crippen LogP contribution in [0.1, 0.15) is 12.8 Å². The summed E-state index contributed by atoms with van der Waals surface area (Å²) in [6, 6.07) is 12.2. The van der Waals surface area contributed by atoms with E-state index in [0.29, 0.717) is 0 Å². The molecule has 0 spiro atoms. The normalized spacial score (nSPS) is 26.5. The molecule has 2 bridgehead atoms. The number of hydrogen-bond donors (Lipinski definition) is 1.